The van der Waals surface area contributed by atoms with Gasteiger partial charge in [0, 0.05) is 49.7 Å². The van der Waals surface area contributed by atoms with Crippen LogP contribution in [0.2, 0.25) is 0 Å². The smallest absolute Gasteiger partial charge is 0.325 e. The molecule has 0 saturated carbocycles. The molecule has 58 heavy (non-hydrogen) atoms. The molecule has 22 heteroatoms. The van der Waals surface area contributed by atoms with Crippen molar-refractivity contribution < 1.29 is 38.7 Å². The summed E-state index contributed by atoms with van der Waals surface area (Å²) < 4.78 is 0. The molecular weight excluding hydrogens is 756 g/mol. The van der Waals surface area contributed by atoms with Gasteiger partial charge in [-0.2, -0.15) is 0 Å². The first kappa shape index (κ1) is 46.3. The molecule has 0 radical (unpaired) electrons. The standard InChI is InChI=1S/C36H58N14O8/c1-18(2)27(48-29(51)23(37)8-6-10-42-36(38)39)33(55)47-25(13-22-15-41-17-44-22)34(56)50-11-7-9-26(50)31(53)49-28(19(3)4)32(54)46-24(12-21-14-40-16-43-21)30(52)45-20(5)35(57)58/h14-20,23-28H,6-13,37H2,1-5H3,(H,40,43)(H,41,44)(H,45,52)(H,46,54)(H,47,55)(H,48,51)(H,49,53)(H,57,58)(H4,38,39,42). The van der Waals surface area contributed by atoms with Crippen molar-refractivity contribution in [3.8, 4) is 0 Å². The predicted octanol–water partition coefficient (Wildman–Crippen LogP) is -2.87. The maximum absolute atomic E-state index is 14.3. The average molecular weight is 815 g/mol. The summed E-state index contributed by atoms with van der Waals surface area (Å²) in [5.41, 5.74) is 17.8. The number of aliphatic carboxylic acids is 1. The average Bonchev–Trinajstić information content (AvgIpc) is 3.97. The Hall–Kier alpha value is -6.06. The van der Waals surface area contributed by atoms with Crippen LogP contribution in [0.3, 0.4) is 0 Å². The van der Waals surface area contributed by atoms with Crippen LogP contribution in [0.5, 0.6) is 0 Å². The summed E-state index contributed by atoms with van der Waals surface area (Å²) in [6, 6.07) is -7.85. The molecule has 1 aliphatic heterocycles. The van der Waals surface area contributed by atoms with E-state index in [0.717, 1.165) is 0 Å². The van der Waals surface area contributed by atoms with Gasteiger partial charge in [0.15, 0.2) is 5.96 Å². The lowest BCUT2D eigenvalue weighted by Gasteiger charge is -2.32. The Balaban J connectivity index is 1.77. The number of imidazole rings is 2. The number of amides is 6. The summed E-state index contributed by atoms with van der Waals surface area (Å²) >= 11 is 0. The lowest BCUT2D eigenvalue weighted by atomic mass is 10.0. The molecule has 7 unspecified atom stereocenters. The van der Waals surface area contributed by atoms with E-state index in [4.69, 9.17) is 17.2 Å². The predicted molar refractivity (Wildman–Crippen MR) is 210 cm³/mol. The van der Waals surface area contributed by atoms with Gasteiger partial charge in [0.1, 0.15) is 36.3 Å². The Bertz CT molecular complexity index is 1730. The molecule has 3 rings (SSSR count). The number of likely N-dealkylation sites (tertiary alicyclic amines) is 1. The zero-order chi connectivity index (χ0) is 43.1. The fraction of sp³-hybridized carbons (Fsp3) is 0.611. The van der Waals surface area contributed by atoms with E-state index in [1.54, 1.807) is 27.7 Å². The molecule has 14 N–H and O–H groups in total. The maximum Gasteiger partial charge on any atom is 0.325 e. The van der Waals surface area contributed by atoms with Crippen molar-refractivity contribution in [3.05, 3.63) is 36.4 Å². The summed E-state index contributed by atoms with van der Waals surface area (Å²) in [4.78, 5) is 112. The van der Waals surface area contributed by atoms with Crippen LogP contribution in [0, 0.1) is 11.8 Å². The van der Waals surface area contributed by atoms with E-state index < -0.39 is 95.5 Å². The fourth-order valence-electron chi connectivity index (χ4n) is 6.27. The summed E-state index contributed by atoms with van der Waals surface area (Å²) in [5.74, 6) is -6.11. The number of hydrogen-bond acceptors (Lipinski definition) is 11. The number of aromatic amines is 2. The van der Waals surface area contributed by atoms with Crippen molar-refractivity contribution in [2.45, 2.75) is 115 Å². The number of nitrogens with two attached hydrogens (primary N) is 3. The highest BCUT2D eigenvalue weighted by molar-refractivity contribution is 5.97. The second kappa shape index (κ2) is 22.0. The second-order valence-electron chi connectivity index (χ2n) is 15.0. The maximum atomic E-state index is 14.3. The highest BCUT2D eigenvalue weighted by atomic mass is 16.4. The molecule has 7 atom stereocenters. The quantitative estimate of drug-likeness (QED) is 0.0324. The fourth-order valence-corrected chi connectivity index (χ4v) is 6.27. The number of nitrogens with one attached hydrogen (secondary N) is 7. The SMILES string of the molecule is CC(NC(=O)C(Cc1cnc[nH]1)NC(=O)C(NC(=O)C1CCCN1C(=O)C(Cc1cnc[nH]1)NC(=O)C(NC(=O)C(N)CCCN=C(N)N)C(C)C)C(C)C)C(=O)O. The van der Waals surface area contributed by atoms with Gasteiger partial charge in [0.05, 0.1) is 18.7 Å². The van der Waals surface area contributed by atoms with E-state index in [2.05, 4.69) is 51.5 Å². The number of aromatic nitrogens is 4. The van der Waals surface area contributed by atoms with Crippen molar-refractivity contribution in [2.75, 3.05) is 13.1 Å². The van der Waals surface area contributed by atoms with Crippen LogP contribution in [0.25, 0.3) is 0 Å². The summed E-state index contributed by atoms with van der Waals surface area (Å²) in [6.07, 6.45) is 7.09. The number of rotatable bonds is 22. The lowest BCUT2D eigenvalue weighted by Crippen LogP contribution is -2.61. The molecule has 6 amide bonds. The molecule has 2 aromatic rings. The van der Waals surface area contributed by atoms with Gasteiger partial charge in [-0.3, -0.25) is 38.6 Å². The van der Waals surface area contributed by atoms with Gasteiger partial charge < -0.3 is 63.8 Å². The molecule has 2 aromatic heterocycles. The lowest BCUT2D eigenvalue weighted by molar-refractivity contribution is -0.143. The molecule has 0 bridgehead atoms. The largest absolute Gasteiger partial charge is 0.480 e. The summed E-state index contributed by atoms with van der Waals surface area (Å²) in [5, 5.41) is 22.5. The molecule has 3 heterocycles. The summed E-state index contributed by atoms with van der Waals surface area (Å²) in [6.45, 7) is 8.58. The van der Waals surface area contributed by atoms with Crippen LogP contribution in [0.4, 0.5) is 0 Å². The number of carbonyl (C=O) groups is 7. The first-order valence-corrected chi connectivity index (χ1v) is 19.2. The van der Waals surface area contributed by atoms with Crippen LogP contribution in [0.1, 0.15) is 71.7 Å². The molecular formula is C36H58N14O8. The van der Waals surface area contributed by atoms with E-state index in [1.165, 1.54) is 36.9 Å². The minimum absolute atomic E-state index is 0.0181. The number of nitrogens with zero attached hydrogens (tertiary/aromatic N) is 4. The molecule has 0 aromatic carbocycles. The third-order valence-corrected chi connectivity index (χ3v) is 9.57. The third-order valence-electron chi connectivity index (χ3n) is 9.57. The highest BCUT2D eigenvalue weighted by Gasteiger charge is 2.41. The molecule has 1 saturated heterocycles. The molecule has 0 spiro atoms. The van der Waals surface area contributed by atoms with Crippen LogP contribution in [0.15, 0.2) is 30.0 Å². The first-order valence-electron chi connectivity index (χ1n) is 19.2. The number of H-pyrrole nitrogens is 2. The Morgan fingerprint density at radius 1 is 0.810 bits per heavy atom. The number of carboxylic acid groups (broad SMARTS) is 1. The van der Waals surface area contributed by atoms with Crippen molar-refractivity contribution in [2.24, 2.45) is 34.0 Å². The van der Waals surface area contributed by atoms with Crippen molar-refractivity contribution in [3.63, 3.8) is 0 Å². The first-order chi connectivity index (χ1) is 27.4. The number of carbonyl (C=O) groups excluding carboxylic acids is 6. The topological polar surface area (TPSA) is 351 Å². The number of guanidine groups is 1. The third kappa shape index (κ3) is 13.8. The van der Waals surface area contributed by atoms with Gasteiger partial charge in [-0.15, -0.1) is 0 Å². The number of aliphatic imine (C=N–C) groups is 1. The van der Waals surface area contributed by atoms with E-state index in [-0.39, 0.29) is 44.7 Å². The van der Waals surface area contributed by atoms with Gasteiger partial charge in [0.25, 0.3) is 0 Å². The summed E-state index contributed by atoms with van der Waals surface area (Å²) in [7, 11) is 0. The monoisotopic (exact) mass is 814 g/mol. The van der Waals surface area contributed by atoms with Crippen molar-refractivity contribution in [1.29, 1.82) is 0 Å². The van der Waals surface area contributed by atoms with Crippen molar-refractivity contribution in [1.82, 2.24) is 51.4 Å². The van der Waals surface area contributed by atoms with E-state index in [1.807, 2.05) is 0 Å². The zero-order valence-electron chi connectivity index (χ0n) is 33.5. The molecule has 1 aliphatic rings. The van der Waals surface area contributed by atoms with Crippen LogP contribution >= 0.6 is 0 Å². The van der Waals surface area contributed by atoms with Gasteiger partial charge in [-0.25, -0.2) is 9.97 Å². The minimum Gasteiger partial charge on any atom is -0.480 e. The van der Waals surface area contributed by atoms with Gasteiger partial charge >= 0.3 is 5.97 Å². The molecule has 1 fully saturated rings. The Kier molecular flexibility index (Phi) is 17.6. The highest BCUT2D eigenvalue weighted by Crippen LogP contribution is 2.21. The molecule has 22 nitrogen and oxygen atoms in total. The Morgan fingerprint density at radius 3 is 1.88 bits per heavy atom. The number of carboxylic acids is 1. The van der Waals surface area contributed by atoms with Crippen LogP contribution in [-0.2, 0) is 46.4 Å². The van der Waals surface area contributed by atoms with Gasteiger partial charge in [-0.05, 0) is 44.4 Å². The van der Waals surface area contributed by atoms with E-state index in [9.17, 15) is 38.7 Å². The van der Waals surface area contributed by atoms with Gasteiger partial charge in [-0.1, -0.05) is 27.7 Å². The number of hydrogen-bond donors (Lipinski definition) is 11. The van der Waals surface area contributed by atoms with E-state index >= 15 is 0 Å². The van der Waals surface area contributed by atoms with Crippen LogP contribution < -0.4 is 43.8 Å². The second-order valence-corrected chi connectivity index (χ2v) is 15.0. The van der Waals surface area contributed by atoms with E-state index in [0.29, 0.717) is 24.2 Å². The molecule has 320 valence electrons. The minimum atomic E-state index is -1.27. The Labute approximate surface area is 336 Å². The zero-order valence-corrected chi connectivity index (χ0v) is 33.5. The van der Waals surface area contributed by atoms with Crippen molar-refractivity contribution >= 4 is 47.4 Å². The normalized spacial score (nSPS) is 17.0. The van der Waals surface area contributed by atoms with Gasteiger partial charge in [0.2, 0.25) is 35.4 Å². The molecule has 0 aliphatic carbocycles. The Morgan fingerprint density at radius 2 is 1.36 bits per heavy atom. The van der Waals surface area contributed by atoms with Crippen LogP contribution in [-0.4, -0.2) is 133 Å².